The molecule has 0 bridgehead atoms. The molecule has 1 aliphatic heterocycles. The van der Waals surface area contributed by atoms with Crippen molar-refractivity contribution in [1.29, 1.82) is 0 Å². The van der Waals surface area contributed by atoms with Crippen molar-refractivity contribution in [2.24, 2.45) is 11.1 Å². The number of thioether (sulfide) groups is 1. The summed E-state index contributed by atoms with van der Waals surface area (Å²) < 4.78 is 0. The molecule has 1 aliphatic rings. The molecule has 0 amide bonds. The SMILES string of the molecule is CSC1CCCN(CCCC(C)(C)CCN)CC1. The average Bonchev–Trinajstić information content (AvgIpc) is 2.54. The highest BCUT2D eigenvalue weighted by Gasteiger charge is 2.19. The van der Waals surface area contributed by atoms with Crippen LogP contribution >= 0.6 is 11.8 Å². The third-order valence-corrected chi connectivity index (χ3v) is 5.39. The number of hydrogen-bond acceptors (Lipinski definition) is 3. The van der Waals surface area contributed by atoms with Crippen LogP contribution in [0, 0.1) is 5.41 Å². The highest BCUT2D eigenvalue weighted by Crippen LogP contribution is 2.26. The van der Waals surface area contributed by atoms with Gasteiger partial charge in [0, 0.05) is 5.25 Å². The summed E-state index contributed by atoms with van der Waals surface area (Å²) in [4.78, 5) is 2.68. The van der Waals surface area contributed by atoms with Crippen LogP contribution in [0.1, 0.15) is 52.4 Å². The van der Waals surface area contributed by atoms with Crippen LogP contribution in [0.25, 0.3) is 0 Å². The van der Waals surface area contributed by atoms with Crippen LogP contribution in [0.15, 0.2) is 0 Å². The maximum atomic E-state index is 5.67. The van der Waals surface area contributed by atoms with Crippen molar-refractivity contribution in [3.05, 3.63) is 0 Å². The van der Waals surface area contributed by atoms with Crippen molar-refractivity contribution in [2.45, 2.75) is 57.6 Å². The van der Waals surface area contributed by atoms with Crippen LogP contribution in [0.3, 0.4) is 0 Å². The average molecular weight is 273 g/mol. The van der Waals surface area contributed by atoms with Gasteiger partial charge in [0.15, 0.2) is 0 Å². The summed E-state index contributed by atoms with van der Waals surface area (Å²) in [6.45, 7) is 9.44. The smallest absolute Gasteiger partial charge is 0.00569 e. The molecule has 2 N–H and O–H groups in total. The minimum Gasteiger partial charge on any atom is -0.330 e. The lowest BCUT2D eigenvalue weighted by Gasteiger charge is -2.26. The number of rotatable bonds is 7. The standard InChI is InChI=1S/C15H32N2S/c1-15(2,9-10-16)8-5-12-17-11-4-6-14(18-3)7-13-17/h14H,4-13,16H2,1-3H3. The number of likely N-dealkylation sites (tertiary alicyclic amines) is 1. The molecule has 0 radical (unpaired) electrons. The maximum Gasteiger partial charge on any atom is 0.00569 e. The molecule has 0 aromatic rings. The maximum absolute atomic E-state index is 5.67. The van der Waals surface area contributed by atoms with E-state index < -0.39 is 0 Å². The minimum absolute atomic E-state index is 0.433. The van der Waals surface area contributed by atoms with Gasteiger partial charge < -0.3 is 10.6 Å². The highest BCUT2D eigenvalue weighted by molar-refractivity contribution is 7.99. The predicted molar refractivity (Wildman–Crippen MR) is 84.3 cm³/mol. The first kappa shape index (κ1) is 16.3. The molecule has 3 heteroatoms. The molecule has 0 spiro atoms. The number of nitrogens with zero attached hydrogens (tertiary/aromatic N) is 1. The molecule has 2 nitrogen and oxygen atoms in total. The monoisotopic (exact) mass is 272 g/mol. The lowest BCUT2D eigenvalue weighted by atomic mass is 9.84. The molecule has 1 fully saturated rings. The van der Waals surface area contributed by atoms with Gasteiger partial charge in [-0.25, -0.2) is 0 Å². The van der Waals surface area contributed by atoms with Crippen LogP contribution < -0.4 is 5.73 Å². The third-order valence-electron chi connectivity index (χ3n) is 4.25. The van der Waals surface area contributed by atoms with Gasteiger partial charge in [-0.05, 0) is 76.4 Å². The summed E-state index contributed by atoms with van der Waals surface area (Å²) in [5.41, 5.74) is 6.10. The normalized spacial score (nSPS) is 23.0. The Morgan fingerprint density at radius 1 is 1.22 bits per heavy atom. The van der Waals surface area contributed by atoms with Gasteiger partial charge in [-0.1, -0.05) is 13.8 Å². The molecule has 108 valence electrons. The Morgan fingerprint density at radius 3 is 2.67 bits per heavy atom. The molecule has 1 unspecified atom stereocenters. The van der Waals surface area contributed by atoms with Crippen molar-refractivity contribution >= 4 is 11.8 Å². The van der Waals surface area contributed by atoms with Crippen molar-refractivity contribution in [1.82, 2.24) is 4.90 Å². The molecular formula is C15H32N2S. The van der Waals surface area contributed by atoms with Gasteiger partial charge in [-0.3, -0.25) is 0 Å². The highest BCUT2D eigenvalue weighted by atomic mass is 32.2. The van der Waals surface area contributed by atoms with Crippen LogP contribution in [0.5, 0.6) is 0 Å². The van der Waals surface area contributed by atoms with Gasteiger partial charge in [-0.15, -0.1) is 0 Å². The first-order valence-corrected chi connectivity index (χ1v) is 8.81. The lowest BCUT2D eigenvalue weighted by molar-refractivity contribution is 0.241. The Hall–Kier alpha value is 0.270. The Labute approximate surface area is 118 Å². The van der Waals surface area contributed by atoms with E-state index in [-0.39, 0.29) is 0 Å². The summed E-state index contributed by atoms with van der Waals surface area (Å²) in [6.07, 6.45) is 10.2. The molecule has 0 aromatic heterocycles. The quantitative estimate of drug-likeness (QED) is 0.770. The fourth-order valence-corrected chi connectivity index (χ4v) is 3.63. The first-order valence-electron chi connectivity index (χ1n) is 7.52. The van der Waals surface area contributed by atoms with Gasteiger partial charge in [-0.2, -0.15) is 11.8 Å². The van der Waals surface area contributed by atoms with E-state index in [1.807, 2.05) is 0 Å². The molecule has 0 aliphatic carbocycles. The van der Waals surface area contributed by atoms with Crippen LogP contribution in [-0.4, -0.2) is 42.6 Å². The minimum atomic E-state index is 0.433. The van der Waals surface area contributed by atoms with Gasteiger partial charge in [0.1, 0.15) is 0 Å². The number of hydrogen-bond donors (Lipinski definition) is 1. The first-order chi connectivity index (χ1) is 8.57. The zero-order valence-corrected chi connectivity index (χ0v) is 13.4. The summed E-state index contributed by atoms with van der Waals surface area (Å²) >= 11 is 2.06. The second-order valence-electron chi connectivity index (χ2n) is 6.44. The number of nitrogens with two attached hydrogens (primary N) is 1. The van der Waals surface area contributed by atoms with E-state index in [9.17, 15) is 0 Å². The predicted octanol–water partition coefficient (Wildman–Crippen LogP) is 3.36. The Balaban J connectivity index is 2.19. The van der Waals surface area contributed by atoms with Crippen LogP contribution in [-0.2, 0) is 0 Å². The molecule has 1 atom stereocenters. The van der Waals surface area contributed by atoms with E-state index in [1.165, 1.54) is 51.7 Å². The second kappa shape index (κ2) is 8.44. The Bertz CT molecular complexity index is 219. The molecule has 0 aromatic carbocycles. The largest absolute Gasteiger partial charge is 0.330 e. The lowest BCUT2D eigenvalue weighted by Crippen LogP contribution is -2.27. The van der Waals surface area contributed by atoms with Gasteiger partial charge in [0.2, 0.25) is 0 Å². The van der Waals surface area contributed by atoms with E-state index in [1.54, 1.807) is 0 Å². The van der Waals surface area contributed by atoms with Crippen molar-refractivity contribution in [3.63, 3.8) is 0 Å². The van der Waals surface area contributed by atoms with Crippen molar-refractivity contribution in [2.75, 3.05) is 32.4 Å². The van der Waals surface area contributed by atoms with Gasteiger partial charge in [0.05, 0.1) is 0 Å². The van der Waals surface area contributed by atoms with E-state index in [0.29, 0.717) is 5.41 Å². The summed E-state index contributed by atoms with van der Waals surface area (Å²) in [7, 11) is 0. The zero-order valence-electron chi connectivity index (χ0n) is 12.6. The third kappa shape index (κ3) is 6.44. The van der Waals surface area contributed by atoms with Gasteiger partial charge >= 0.3 is 0 Å². The molecule has 1 rings (SSSR count). The van der Waals surface area contributed by atoms with Crippen molar-refractivity contribution < 1.29 is 0 Å². The van der Waals surface area contributed by atoms with Crippen molar-refractivity contribution in [3.8, 4) is 0 Å². The summed E-state index contributed by atoms with van der Waals surface area (Å²) in [6, 6.07) is 0. The summed E-state index contributed by atoms with van der Waals surface area (Å²) in [5.74, 6) is 0. The molecule has 0 saturated carbocycles. The van der Waals surface area contributed by atoms with E-state index >= 15 is 0 Å². The van der Waals surface area contributed by atoms with E-state index in [0.717, 1.165) is 18.2 Å². The molecule has 1 heterocycles. The summed E-state index contributed by atoms with van der Waals surface area (Å²) in [5, 5.41) is 0.906. The fourth-order valence-electron chi connectivity index (χ4n) is 2.88. The molecular weight excluding hydrogens is 240 g/mol. The topological polar surface area (TPSA) is 29.3 Å². The van der Waals surface area contributed by atoms with Crippen LogP contribution in [0.4, 0.5) is 0 Å². The van der Waals surface area contributed by atoms with E-state index in [4.69, 9.17) is 5.73 Å². The zero-order chi connectivity index (χ0) is 13.4. The second-order valence-corrected chi connectivity index (χ2v) is 7.57. The van der Waals surface area contributed by atoms with Gasteiger partial charge in [0.25, 0.3) is 0 Å². The van der Waals surface area contributed by atoms with E-state index in [2.05, 4.69) is 36.8 Å². The Morgan fingerprint density at radius 2 is 2.00 bits per heavy atom. The van der Waals surface area contributed by atoms with Crippen LogP contribution in [0.2, 0.25) is 0 Å². The molecule has 18 heavy (non-hydrogen) atoms. The fraction of sp³-hybridized carbons (Fsp3) is 1.00. The molecule has 1 saturated heterocycles. The Kier molecular flexibility index (Phi) is 7.66.